The second kappa shape index (κ2) is 3.64. The van der Waals surface area contributed by atoms with Gasteiger partial charge in [-0.2, -0.15) is 0 Å². The van der Waals surface area contributed by atoms with Crippen LogP contribution in [0.5, 0.6) is 0 Å². The smallest absolute Gasteiger partial charge is 0.408 e. The molecule has 3 heteroatoms. The maximum Gasteiger partial charge on any atom is 0.408 e. The van der Waals surface area contributed by atoms with Crippen molar-refractivity contribution in [3.8, 4) is 0 Å². The Labute approximate surface area is 85.5 Å². The van der Waals surface area contributed by atoms with Crippen molar-refractivity contribution in [2.24, 2.45) is 0 Å². The third kappa shape index (κ3) is 3.40. The molecular weight excluding hydrogens is 178 g/mol. The fourth-order valence-electron chi connectivity index (χ4n) is 1.45. The number of nitrogens with one attached hydrogen (secondary N) is 1. The standard InChI is InChI=1S/C11H19NO2/c1-10(2,3)14-9(13)12-11(4)7-5-6-8-11/h5,7H,6,8H2,1-4H3,(H,12,13). The Bertz CT molecular complexity index is 253. The molecule has 0 bridgehead atoms. The van der Waals surface area contributed by atoms with Crippen LogP contribution in [-0.2, 0) is 4.74 Å². The molecule has 0 aliphatic heterocycles. The Morgan fingerprint density at radius 1 is 1.50 bits per heavy atom. The molecule has 1 N–H and O–H groups in total. The molecule has 0 heterocycles. The van der Waals surface area contributed by atoms with Crippen LogP contribution >= 0.6 is 0 Å². The summed E-state index contributed by atoms with van der Waals surface area (Å²) in [5.74, 6) is 0. The summed E-state index contributed by atoms with van der Waals surface area (Å²) in [4.78, 5) is 11.5. The van der Waals surface area contributed by atoms with E-state index in [9.17, 15) is 4.79 Å². The highest BCUT2D eigenvalue weighted by Gasteiger charge is 2.28. The highest BCUT2D eigenvalue weighted by Crippen LogP contribution is 2.22. The van der Waals surface area contributed by atoms with Gasteiger partial charge in [0.05, 0.1) is 5.54 Å². The molecule has 0 aromatic heterocycles. The fourth-order valence-corrected chi connectivity index (χ4v) is 1.45. The number of hydrogen-bond acceptors (Lipinski definition) is 2. The molecule has 3 nitrogen and oxygen atoms in total. The first-order valence-corrected chi connectivity index (χ1v) is 5.00. The van der Waals surface area contributed by atoms with Gasteiger partial charge >= 0.3 is 6.09 Å². The lowest BCUT2D eigenvalue weighted by Crippen LogP contribution is -2.45. The van der Waals surface area contributed by atoms with Crippen molar-refractivity contribution in [1.29, 1.82) is 0 Å². The first kappa shape index (κ1) is 11.1. The third-order valence-corrected chi connectivity index (χ3v) is 2.10. The molecule has 1 aliphatic carbocycles. The van der Waals surface area contributed by atoms with Gasteiger partial charge in [0.15, 0.2) is 0 Å². The van der Waals surface area contributed by atoms with Crippen molar-refractivity contribution in [2.45, 2.75) is 51.7 Å². The molecule has 14 heavy (non-hydrogen) atoms. The van der Waals surface area contributed by atoms with Crippen molar-refractivity contribution < 1.29 is 9.53 Å². The largest absolute Gasteiger partial charge is 0.444 e. The van der Waals surface area contributed by atoms with Crippen molar-refractivity contribution in [3.63, 3.8) is 0 Å². The van der Waals surface area contributed by atoms with Gasteiger partial charge in [0.25, 0.3) is 0 Å². The Morgan fingerprint density at radius 3 is 2.57 bits per heavy atom. The molecular formula is C11H19NO2. The molecule has 80 valence electrons. The maximum absolute atomic E-state index is 11.5. The van der Waals surface area contributed by atoms with Crippen molar-refractivity contribution >= 4 is 6.09 Å². The van der Waals surface area contributed by atoms with Crippen molar-refractivity contribution in [3.05, 3.63) is 12.2 Å². The molecule has 1 unspecified atom stereocenters. The summed E-state index contributed by atoms with van der Waals surface area (Å²) in [6.45, 7) is 7.58. The van der Waals surface area contributed by atoms with Crippen LogP contribution in [0.4, 0.5) is 4.79 Å². The monoisotopic (exact) mass is 197 g/mol. The summed E-state index contributed by atoms with van der Waals surface area (Å²) < 4.78 is 5.18. The van der Waals surface area contributed by atoms with Crippen molar-refractivity contribution in [2.75, 3.05) is 0 Å². The average molecular weight is 197 g/mol. The Balaban J connectivity index is 2.45. The minimum Gasteiger partial charge on any atom is -0.444 e. The predicted octanol–water partition coefficient (Wildman–Crippen LogP) is 2.62. The minimum absolute atomic E-state index is 0.220. The highest BCUT2D eigenvalue weighted by molar-refractivity contribution is 5.69. The van der Waals surface area contributed by atoms with Crippen LogP contribution in [0.1, 0.15) is 40.5 Å². The summed E-state index contributed by atoms with van der Waals surface area (Å²) >= 11 is 0. The quantitative estimate of drug-likeness (QED) is 0.656. The number of allylic oxidation sites excluding steroid dienone is 1. The predicted molar refractivity (Wildman–Crippen MR) is 56.1 cm³/mol. The maximum atomic E-state index is 11.5. The van der Waals surface area contributed by atoms with Gasteiger partial charge < -0.3 is 10.1 Å². The highest BCUT2D eigenvalue weighted by atomic mass is 16.6. The number of hydrogen-bond donors (Lipinski definition) is 1. The topological polar surface area (TPSA) is 38.3 Å². The zero-order chi connectivity index (χ0) is 10.8. The van der Waals surface area contributed by atoms with Gasteiger partial charge in [-0.25, -0.2) is 4.79 Å². The number of amides is 1. The summed E-state index contributed by atoms with van der Waals surface area (Å²) in [5.41, 5.74) is -0.648. The summed E-state index contributed by atoms with van der Waals surface area (Å²) in [6.07, 6.45) is 5.74. The van der Waals surface area contributed by atoms with E-state index in [-0.39, 0.29) is 11.6 Å². The van der Waals surface area contributed by atoms with Crippen molar-refractivity contribution in [1.82, 2.24) is 5.32 Å². The number of alkyl carbamates (subject to hydrolysis) is 1. The number of carbonyl (C=O) groups excluding carboxylic acids is 1. The van der Waals surface area contributed by atoms with Crippen LogP contribution in [-0.4, -0.2) is 17.2 Å². The second-order valence-corrected chi connectivity index (χ2v) is 4.99. The molecule has 0 fully saturated rings. The lowest BCUT2D eigenvalue weighted by molar-refractivity contribution is 0.0484. The van der Waals surface area contributed by atoms with Gasteiger partial charge in [-0.3, -0.25) is 0 Å². The van der Waals surface area contributed by atoms with Gasteiger partial charge in [-0.05, 0) is 40.5 Å². The van der Waals surface area contributed by atoms with E-state index in [4.69, 9.17) is 4.74 Å². The van der Waals surface area contributed by atoms with E-state index in [1.165, 1.54) is 0 Å². The van der Waals surface area contributed by atoms with Gasteiger partial charge in [-0.15, -0.1) is 0 Å². The third-order valence-electron chi connectivity index (χ3n) is 2.10. The van der Waals surface area contributed by atoms with E-state index in [1.54, 1.807) is 0 Å². The Kier molecular flexibility index (Phi) is 2.88. The van der Waals surface area contributed by atoms with E-state index >= 15 is 0 Å². The Hall–Kier alpha value is -0.990. The lowest BCUT2D eigenvalue weighted by atomic mass is 10.0. The molecule has 0 aromatic rings. The number of ether oxygens (including phenoxy) is 1. The Morgan fingerprint density at radius 2 is 2.14 bits per heavy atom. The fraction of sp³-hybridized carbons (Fsp3) is 0.727. The van der Waals surface area contributed by atoms with Crippen LogP contribution in [0, 0.1) is 0 Å². The molecule has 1 aliphatic rings. The van der Waals surface area contributed by atoms with Gasteiger partial charge in [-0.1, -0.05) is 12.2 Å². The van der Waals surface area contributed by atoms with E-state index in [0.717, 1.165) is 12.8 Å². The second-order valence-electron chi connectivity index (χ2n) is 4.99. The van der Waals surface area contributed by atoms with Gasteiger partial charge in [0.2, 0.25) is 0 Å². The normalized spacial score (nSPS) is 26.3. The summed E-state index contributed by atoms with van der Waals surface area (Å²) in [6, 6.07) is 0. The number of carbonyl (C=O) groups is 1. The molecule has 1 rings (SSSR count). The van der Waals surface area contributed by atoms with Crippen LogP contribution in [0.25, 0.3) is 0 Å². The average Bonchev–Trinajstić information content (AvgIpc) is 2.30. The molecule has 1 atom stereocenters. The molecule has 0 saturated heterocycles. The molecule has 0 saturated carbocycles. The van der Waals surface area contributed by atoms with Crippen LogP contribution in [0.15, 0.2) is 12.2 Å². The van der Waals surface area contributed by atoms with Crippen LogP contribution in [0.3, 0.4) is 0 Å². The first-order chi connectivity index (χ1) is 6.31. The molecule has 0 aromatic carbocycles. The first-order valence-electron chi connectivity index (χ1n) is 5.00. The zero-order valence-corrected chi connectivity index (χ0v) is 9.39. The summed E-state index contributed by atoms with van der Waals surface area (Å²) in [7, 11) is 0. The molecule has 1 amide bonds. The SMILES string of the molecule is CC1(NC(=O)OC(C)(C)C)C=CCC1. The van der Waals surface area contributed by atoms with E-state index in [1.807, 2.05) is 33.8 Å². The van der Waals surface area contributed by atoms with Crippen LogP contribution in [0.2, 0.25) is 0 Å². The van der Waals surface area contributed by atoms with Gasteiger partial charge in [0, 0.05) is 0 Å². The molecule has 0 radical (unpaired) electrons. The molecule has 0 spiro atoms. The summed E-state index contributed by atoms with van der Waals surface area (Å²) in [5, 5.41) is 2.86. The van der Waals surface area contributed by atoms with E-state index in [2.05, 4.69) is 11.4 Å². The van der Waals surface area contributed by atoms with Crippen LogP contribution < -0.4 is 5.32 Å². The van der Waals surface area contributed by atoms with Gasteiger partial charge in [0.1, 0.15) is 5.60 Å². The van der Waals surface area contributed by atoms with E-state index < -0.39 is 5.60 Å². The minimum atomic E-state index is -0.428. The van der Waals surface area contributed by atoms with E-state index in [0.29, 0.717) is 0 Å². The number of rotatable bonds is 1. The lowest BCUT2D eigenvalue weighted by Gasteiger charge is -2.26. The zero-order valence-electron chi connectivity index (χ0n) is 9.39.